The Morgan fingerprint density at radius 3 is 2.10 bits per heavy atom. The average Bonchev–Trinajstić information content (AvgIpc) is 2.53. The number of benzene rings is 2. The molecule has 0 aliphatic carbocycles. The van der Waals surface area contributed by atoms with Crippen LogP contribution in [0.1, 0.15) is 43.4 Å². The van der Waals surface area contributed by atoms with E-state index in [1.807, 2.05) is 36.4 Å². The summed E-state index contributed by atoms with van der Waals surface area (Å²) in [5.41, 5.74) is 8.20. The lowest BCUT2D eigenvalue weighted by Crippen LogP contribution is -2.18. The van der Waals surface area contributed by atoms with E-state index in [1.165, 1.54) is 5.56 Å². The number of rotatable bonds is 6. The Labute approximate surface area is 131 Å². The van der Waals surface area contributed by atoms with E-state index < -0.39 is 0 Å². The first kappa shape index (κ1) is 15.9. The summed E-state index contributed by atoms with van der Waals surface area (Å²) in [5.74, 6) is 1.41. The van der Waals surface area contributed by atoms with E-state index in [1.54, 1.807) is 0 Å². The molecule has 0 heterocycles. The van der Waals surface area contributed by atoms with Gasteiger partial charge in [-0.3, -0.25) is 0 Å². The molecule has 2 rings (SSSR count). The smallest absolute Gasteiger partial charge is 0.136 e. The van der Waals surface area contributed by atoms with E-state index in [2.05, 4.69) is 26.0 Å². The largest absolute Gasteiger partial charge is 0.484 e. The van der Waals surface area contributed by atoms with Gasteiger partial charge in [0.05, 0.1) is 0 Å². The molecular weight excluding hydrogens is 282 g/mol. The molecule has 2 atom stereocenters. The molecule has 21 heavy (non-hydrogen) atoms. The minimum Gasteiger partial charge on any atom is -0.484 e. The molecule has 3 heteroatoms. The van der Waals surface area contributed by atoms with Crippen LogP contribution in [-0.4, -0.2) is 6.54 Å². The summed E-state index contributed by atoms with van der Waals surface area (Å²) in [4.78, 5) is 0. The Hall–Kier alpha value is -1.51. The van der Waals surface area contributed by atoms with Crippen molar-refractivity contribution in [1.82, 2.24) is 0 Å². The Balaban J connectivity index is 2.09. The summed E-state index contributed by atoms with van der Waals surface area (Å²) in [7, 11) is 0. The Morgan fingerprint density at radius 1 is 1.00 bits per heavy atom. The van der Waals surface area contributed by atoms with Crippen molar-refractivity contribution in [3.8, 4) is 5.75 Å². The van der Waals surface area contributed by atoms with Crippen LogP contribution in [0, 0.1) is 0 Å². The molecule has 0 aromatic heterocycles. The summed E-state index contributed by atoms with van der Waals surface area (Å²) in [6, 6.07) is 15.9. The quantitative estimate of drug-likeness (QED) is 0.821. The van der Waals surface area contributed by atoms with E-state index in [9.17, 15) is 0 Å². The molecule has 2 aromatic rings. The number of hydrogen-bond donors (Lipinski definition) is 1. The van der Waals surface area contributed by atoms with Crippen LogP contribution >= 0.6 is 11.6 Å². The van der Waals surface area contributed by atoms with Gasteiger partial charge in [-0.15, -0.1) is 0 Å². The van der Waals surface area contributed by atoms with Crippen molar-refractivity contribution in [1.29, 1.82) is 0 Å². The van der Waals surface area contributed by atoms with Crippen molar-refractivity contribution in [2.45, 2.75) is 32.3 Å². The first-order chi connectivity index (χ1) is 10.1. The van der Waals surface area contributed by atoms with Crippen molar-refractivity contribution in [3.05, 3.63) is 64.7 Å². The third-order valence-corrected chi connectivity index (χ3v) is 4.05. The van der Waals surface area contributed by atoms with Gasteiger partial charge in [0.2, 0.25) is 0 Å². The first-order valence-corrected chi connectivity index (χ1v) is 7.74. The SMILES string of the molecule is CCC(C)c1ccc(OC(CN)c2ccc(Cl)cc2)cc1. The van der Waals surface area contributed by atoms with E-state index in [-0.39, 0.29) is 6.10 Å². The van der Waals surface area contributed by atoms with Crippen LogP contribution in [0.5, 0.6) is 5.75 Å². The van der Waals surface area contributed by atoms with Gasteiger partial charge in [-0.05, 0) is 47.7 Å². The third kappa shape index (κ3) is 4.23. The Kier molecular flexibility index (Phi) is 5.66. The van der Waals surface area contributed by atoms with Crippen LogP contribution in [0.2, 0.25) is 5.02 Å². The molecule has 2 aromatic carbocycles. The van der Waals surface area contributed by atoms with E-state index in [0.29, 0.717) is 17.5 Å². The maximum absolute atomic E-state index is 5.99. The van der Waals surface area contributed by atoms with Gasteiger partial charge >= 0.3 is 0 Å². The molecule has 0 bridgehead atoms. The molecule has 0 fully saturated rings. The van der Waals surface area contributed by atoms with Crippen LogP contribution in [0.3, 0.4) is 0 Å². The minimum atomic E-state index is -0.156. The number of halogens is 1. The summed E-state index contributed by atoms with van der Waals surface area (Å²) in [6.07, 6.45) is 0.980. The molecule has 2 N–H and O–H groups in total. The Bertz CT molecular complexity index is 550. The highest BCUT2D eigenvalue weighted by molar-refractivity contribution is 6.30. The van der Waals surface area contributed by atoms with Crippen LogP contribution in [0.4, 0.5) is 0 Å². The van der Waals surface area contributed by atoms with Gasteiger partial charge in [-0.2, -0.15) is 0 Å². The number of hydrogen-bond acceptors (Lipinski definition) is 2. The van der Waals surface area contributed by atoms with Gasteiger partial charge in [0.1, 0.15) is 11.9 Å². The standard InChI is InChI=1S/C18H22ClNO/c1-3-13(2)14-6-10-17(11-7-14)21-18(12-20)15-4-8-16(19)9-5-15/h4-11,13,18H,3,12,20H2,1-2H3. The van der Waals surface area contributed by atoms with E-state index >= 15 is 0 Å². The molecule has 2 nitrogen and oxygen atoms in total. The van der Waals surface area contributed by atoms with Crippen molar-refractivity contribution in [3.63, 3.8) is 0 Å². The van der Waals surface area contributed by atoms with Crippen LogP contribution in [0.25, 0.3) is 0 Å². The Morgan fingerprint density at radius 2 is 1.57 bits per heavy atom. The second kappa shape index (κ2) is 7.48. The maximum Gasteiger partial charge on any atom is 0.136 e. The summed E-state index contributed by atoms with van der Waals surface area (Å²) >= 11 is 5.91. The fourth-order valence-corrected chi connectivity index (χ4v) is 2.33. The highest BCUT2D eigenvalue weighted by atomic mass is 35.5. The van der Waals surface area contributed by atoms with E-state index in [4.69, 9.17) is 22.1 Å². The highest BCUT2D eigenvalue weighted by Gasteiger charge is 2.12. The minimum absolute atomic E-state index is 0.156. The second-order valence-electron chi connectivity index (χ2n) is 5.27. The van der Waals surface area contributed by atoms with Gasteiger partial charge in [0, 0.05) is 11.6 Å². The van der Waals surface area contributed by atoms with Crippen molar-refractivity contribution < 1.29 is 4.74 Å². The molecule has 0 spiro atoms. The van der Waals surface area contributed by atoms with Crippen LogP contribution in [-0.2, 0) is 0 Å². The predicted octanol–water partition coefficient (Wildman–Crippen LogP) is 4.93. The fraction of sp³-hybridized carbons (Fsp3) is 0.333. The lowest BCUT2D eigenvalue weighted by molar-refractivity contribution is 0.214. The molecule has 0 saturated heterocycles. The summed E-state index contributed by atoms with van der Waals surface area (Å²) < 4.78 is 5.99. The number of ether oxygens (including phenoxy) is 1. The fourth-order valence-electron chi connectivity index (χ4n) is 2.20. The van der Waals surface area contributed by atoms with Gasteiger partial charge in [-0.25, -0.2) is 0 Å². The van der Waals surface area contributed by atoms with Gasteiger partial charge in [0.15, 0.2) is 0 Å². The van der Waals surface area contributed by atoms with Gasteiger partial charge in [-0.1, -0.05) is 49.7 Å². The van der Waals surface area contributed by atoms with Crippen molar-refractivity contribution in [2.75, 3.05) is 6.54 Å². The van der Waals surface area contributed by atoms with Crippen molar-refractivity contribution in [2.24, 2.45) is 5.73 Å². The molecule has 0 aliphatic rings. The van der Waals surface area contributed by atoms with Crippen LogP contribution < -0.4 is 10.5 Å². The van der Waals surface area contributed by atoms with E-state index in [0.717, 1.165) is 17.7 Å². The molecule has 0 aliphatic heterocycles. The molecule has 112 valence electrons. The molecule has 0 saturated carbocycles. The summed E-state index contributed by atoms with van der Waals surface area (Å²) in [6.45, 7) is 4.85. The first-order valence-electron chi connectivity index (χ1n) is 7.36. The summed E-state index contributed by atoms with van der Waals surface area (Å²) in [5, 5.41) is 0.715. The number of nitrogens with two attached hydrogens (primary N) is 1. The van der Waals surface area contributed by atoms with Gasteiger partial charge < -0.3 is 10.5 Å². The zero-order chi connectivity index (χ0) is 15.2. The lowest BCUT2D eigenvalue weighted by atomic mass is 9.99. The monoisotopic (exact) mass is 303 g/mol. The molecule has 0 radical (unpaired) electrons. The zero-order valence-corrected chi connectivity index (χ0v) is 13.3. The van der Waals surface area contributed by atoms with Crippen molar-refractivity contribution >= 4 is 11.6 Å². The van der Waals surface area contributed by atoms with Crippen LogP contribution in [0.15, 0.2) is 48.5 Å². The third-order valence-electron chi connectivity index (χ3n) is 3.80. The average molecular weight is 304 g/mol. The predicted molar refractivity (Wildman–Crippen MR) is 89.0 cm³/mol. The van der Waals surface area contributed by atoms with Gasteiger partial charge in [0.25, 0.3) is 0 Å². The molecular formula is C18H22ClNO. The zero-order valence-electron chi connectivity index (χ0n) is 12.6. The second-order valence-corrected chi connectivity index (χ2v) is 5.71. The lowest BCUT2D eigenvalue weighted by Gasteiger charge is -2.18. The molecule has 2 unspecified atom stereocenters. The highest BCUT2D eigenvalue weighted by Crippen LogP contribution is 2.25. The topological polar surface area (TPSA) is 35.2 Å². The maximum atomic E-state index is 5.99. The molecule has 0 amide bonds. The normalized spacial score (nSPS) is 13.7.